The van der Waals surface area contributed by atoms with Crippen molar-refractivity contribution in [1.82, 2.24) is 4.98 Å². The van der Waals surface area contributed by atoms with Crippen LogP contribution in [0.1, 0.15) is 44.5 Å². The zero-order valence-corrected chi connectivity index (χ0v) is 11.3. The second kappa shape index (κ2) is 4.30. The molecule has 1 aromatic heterocycles. The predicted molar refractivity (Wildman–Crippen MR) is 67.0 cm³/mol. The molecule has 1 aromatic rings. The van der Waals surface area contributed by atoms with E-state index < -0.39 is 5.79 Å². The van der Waals surface area contributed by atoms with E-state index >= 15 is 0 Å². The van der Waals surface area contributed by atoms with Crippen molar-refractivity contribution in [2.75, 3.05) is 0 Å². The van der Waals surface area contributed by atoms with Crippen molar-refractivity contribution in [2.24, 2.45) is 5.92 Å². The van der Waals surface area contributed by atoms with E-state index in [-0.39, 0.29) is 0 Å². The number of fused-ring (bicyclic) bond motifs is 1. The van der Waals surface area contributed by atoms with Crippen LogP contribution in [-0.2, 0) is 17.8 Å². The van der Waals surface area contributed by atoms with E-state index in [1.54, 1.807) is 0 Å². The van der Waals surface area contributed by atoms with Crippen LogP contribution in [0.25, 0.3) is 0 Å². The molecule has 0 bridgehead atoms. The van der Waals surface area contributed by atoms with Gasteiger partial charge in [0.25, 0.3) is 0 Å². The van der Waals surface area contributed by atoms with Crippen molar-refractivity contribution in [2.45, 2.75) is 53.4 Å². The van der Waals surface area contributed by atoms with Crippen LogP contribution in [0.15, 0.2) is 6.20 Å². The van der Waals surface area contributed by atoms with Crippen molar-refractivity contribution in [1.29, 1.82) is 0 Å². The number of aryl methyl sites for hydroxylation is 1. The van der Waals surface area contributed by atoms with E-state index in [1.807, 2.05) is 27.0 Å². The molecular weight excluding hydrogens is 214 g/mol. The Morgan fingerprint density at radius 3 is 2.76 bits per heavy atom. The summed E-state index contributed by atoms with van der Waals surface area (Å²) in [6.07, 6.45) is 2.97. The fraction of sp³-hybridized carbons (Fsp3) is 0.643. The lowest BCUT2D eigenvalue weighted by atomic mass is 9.98. The largest absolute Gasteiger partial charge is 0.461 e. The highest BCUT2D eigenvalue weighted by Crippen LogP contribution is 2.35. The van der Waals surface area contributed by atoms with Gasteiger partial charge in [-0.1, -0.05) is 13.8 Å². The van der Waals surface area contributed by atoms with E-state index in [0.29, 0.717) is 12.5 Å². The number of nitrogens with zero attached hydrogens (tertiary/aromatic N) is 1. The number of rotatable bonds is 2. The minimum absolute atomic E-state index is 0.546. The Morgan fingerprint density at radius 2 is 2.12 bits per heavy atom. The lowest BCUT2D eigenvalue weighted by Crippen LogP contribution is -2.36. The van der Waals surface area contributed by atoms with E-state index in [0.717, 1.165) is 17.9 Å². The summed E-state index contributed by atoms with van der Waals surface area (Å²) in [7, 11) is 0. The van der Waals surface area contributed by atoms with E-state index in [4.69, 9.17) is 9.47 Å². The zero-order chi connectivity index (χ0) is 12.6. The summed E-state index contributed by atoms with van der Waals surface area (Å²) in [6.45, 7) is 10.9. The van der Waals surface area contributed by atoms with Crippen LogP contribution in [0.4, 0.5) is 0 Å². The minimum atomic E-state index is -0.546. The molecule has 0 aromatic carbocycles. The molecule has 0 amide bonds. The first-order valence-corrected chi connectivity index (χ1v) is 6.19. The molecule has 0 saturated heterocycles. The standard InChI is InChI=1S/C14H21NO2/c1-9(2)6-11-7-15-10(3)13-12(11)8-16-14(4,5)17-13/h7,9H,6,8H2,1-5H3. The van der Waals surface area contributed by atoms with Gasteiger partial charge in [0.2, 0.25) is 5.79 Å². The molecule has 0 saturated carbocycles. The molecular formula is C14H21NO2. The maximum Gasteiger partial charge on any atom is 0.205 e. The number of hydrogen-bond acceptors (Lipinski definition) is 3. The fourth-order valence-corrected chi connectivity index (χ4v) is 2.11. The monoisotopic (exact) mass is 235 g/mol. The van der Waals surface area contributed by atoms with Crippen molar-refractivity contribution in [3.8, 4) is 5.75 Å². The minimum Gasteiger partial charge on any atom is -0.461 e. The van der Waals surface area contributed by atoms with Crippen LogP contribution in [0, 0.1) is 12.8 Å². The third-order valence-corrected chi connectivity index (χ3v) is 2.94. The molecule has 17 heavy (non-hydrogen) atoms. The summed E-state index contributed by atoms with van der Waals surface area (Å²) in [6, 6.07) is 0. The molecule has 1 aliphatic rings. The Bertz CT molecular complexity index is 424. The van der Waals surface area contributed by atoms with Gasteiger partial charge in [-0.2, -0.15) is 0 Å². The highest BCUT2D eigenvalue weighted by molar-refractivity contribution is 5.43. The van der Waals surface area contributed by atoms with Crippen molar-refractivity contribution in [3.63, 3.8) is 0 Å². The average Bonchev–Trinajstić information content (AvgIpc) is 2.21. The van der Waals surface area contributed by atoms with Crippen molar-refractivity contribution >= 4 is 0 Å². The number of pyridine rings is 1. The van der Waals surface area contributed by atoms with Gasteiger partial charge in [-0.15, -0.1) is 0 Å². The Labute approximate surface area is 103 Å². The third-order valence-electron chi connectivity index (χ3n) is 2.94. The molecule has 0 atom stereocenters. The smallest absolute Gasteiger partial charge is 0.205 e. The first-order chi connectivity index (χ1) is 7.89. The number of aromatic nitrogens is 1. The third kappa shape index (κ3) is 2.60. The SMILES string of the molecule is Cc1ncc(CC(C)C)c2c1OC(C)(C)OC2. The van der Waals surface area contributed by atoms with Gasteiger partial charge in [0.1, 0.15) is 5.75 Å². The number of hydrogen-bond donors (Lipinski definition) is 0. The molecule has 0 unspecified atom stereocenters. The highest BCUT2D eigenvalue weighted by Gasteiger charge is 2.30. The van der Waals surface area contributed by atoms with E-state index in [1.165, 1.54) is 11.1 Å². The molecule has 2 rings (SSSR count). The summed E-state index contributed by atoms with van der Waals surface area (Å²) < 4.78 is 11.6. The average molecular weight is 235 g/mol. The van der Waals surface area contributed by atoms with Gasteiger partial charge in [0.05, 0.1) is 12.3 Å². The van der Waals surface area contributed by atoms with Crippen molar-refractivity contribution < 1.29 is 9.47 Å². The maximum atomic E-state index is 5.89. The summed E-state index contributed by atoms with van der Waals surface area (Å²) in [4.78, 5) is 4.43. The molecule has 1 aliphatic heterocycles. The molecule has 2 heterocycles. The molecule has 0 spiro atoms. The summed E-state index contributed by atoms with van der Waals surface area (Å²) in [5, 5.41) is 0. The fourth-order valence-electron chi connectivity index (χ4n) is 2.11. The van der Waals surface area contributed by atoms with Crippen LogP contribution in [0.2, 0.25) is 0 Å². The van der Waals surface area contributed by atoms with Crippen LogP contribution in [0.5, 0.6) is 5.75 Å². The number of ether oxygens (including phenoxy) is 2. The lowest BCUT2D eigenvalue weighted by molar-refractivity contribution is -0.180. The van der Waals surface area contributed by atoms with Gasteiger partial charge >= 0.3 is 0 Å². The molecule has 3 nitrogen and oxygen atoms in total. The van der Waals surface area contributed by atoms with Gasteiger partial charge in [-0.25, -0.2) is 0 Å². The van der Waals surface area contributed by atoms with Crippen LogP contribution >= 0.6 is 0 Å². The van der Waals surface area contributed by atoms with Crippen LogP contribution < -0.4 is 4.74 Å². The van der Waals surface area contributed by atoms with E-state index in [9.17, 15) is 0 Å². The Morgan fingerprint density at radius 1 is 1.41 bits per heavy atom. The first kappa shape index (κ1) is 12.4. The highest BCUT2D eigenvalue weighted by atomic mass is 16.7. The predicted octanol–water partition coefficient (Wildman–Crippen LogP) is 3.23. The van der Waals surface area contributed by atoms with Crippen molar-refractivity contribution in [3.05, 3.63) is 23.0 Å². The lowest BCUT2D eigenvalue weighted by Gasteiger charge is -2.34. The summed E-state index contributed by atoms with van der Waals surface area (Å²) in [5.74, 6) is 0.980. The second-order valence-electron chi connectivity index (χ2n) is 5.57. The molecule has 0 fully saturated rings. The molecule has 94 valence electrons. The van der Waals surface area contributed by atoms with Gasteiger partial charge in [0, 0.05) is 25.6 Å². The second-order valence-corrected chi connectivity index (χ2v) is 5.57. The van der Waals surface area contributed by atoms with Gasteiger partial charge in [-0.05, 0) is 24.8 Å². The molecule has 0 radical (unpaired) electrons. The Balaban J connectivity index is 2.41. The normalized spacial score (nSPS) is 17.8. The quantitative estimate of drug-likeness (QED) is 0.788. The maximum absolute atomic E-state index is 5.89. The van der Waals surface area contributed by atoms with E-state index in [2.05, 4.69) is 18.8 Å². The summed E-state index contributed by atoms with van der Waals surface area (Å²) in [5.41, 5.74) is 3.37. The van der Waals surface area contributed by atoms with Gasteiger partial charge in [-0.3, -0.25) is 4.98 Å². The summed E-state index contributed by atoms with van der Waals surface area (Å²) >= 11 is 0. The van der Waals surface area contributed by atoms with Gasteiger partial charge < -0.3 is 9.47 Å². The molecule has 0 N–H and O–H groups in total. The molecule has 3 heteroatoms. The zero-order valence-electron chi connectivity index (χ0n) is 11.3. The Hall–Kier alpha value is -1.09. The van der Waals surface area contributed by atoms with Gasteiger partial charge in [0.15, 0.2) is 0 Å². The van der Waals surface area contributed by atoms with Crippen LogP contribution in [0.3, 0.4) is 0 Å². The molecule has 0 aliphatic carbocycles. The Kier molecular flexibility index (Phi) is 3.13. The first-order valence-electron chi connectivity index (χ1n) is 6.19. The van der Waals surface area contributed by atoms with Crippen LogP contribution in [-0.4, -0.2) is 10.8 Å². The topological polar surface area (TPSA) is 31.4 Å².